The number of methoxy groups -OCH3 is 1. The highest BCUT2D eigenvalue weighted by Gasteiger charge is 2.44. The fourth-order valence-electron chi connectivity index (χ4n) is 3.96. The van der Waals surface area contributed by atoms with Gasteiger partial charge in [-0.1, -0.05) is 18.2 Å². The second kappa shape index (κ2) is 7.81. The number of aliphatic hydroxyl groups excluding tert-OH is 1. The van der Waals surface area contributed by atoms with Crippen molar-refractivity contribution in [1.29, 1.82) is 0 Å². The van der Waals surface area contributed by atoms with Crippen LogP contribution in [0.25, 0.3) is 0 Å². The van der Waals surface area contributed by atoms with E-state index in [1.165, 1.54) is 17.2 Å². The smallest absolute Gasteiger partial charge is 0.290 e. The number of hydrogen-bond acceptors (Lipinski definition) is 7. The van der Waals surface area contributed by atoms with Crippen LogP contribution in [0.3, 0.4) is 0 Å². The summed E-state index contributed by atoms with van der Waals surface area (Å²) in [6.45, 7) is 0.283. The minimum Gasteiger partial charge on any atom is -0.503 e. The van der Waals surface area contributed by atoms with Crippen molar-refractivity contribution in [3.8, 4) is 17.2 Å². The van der Waals surface area contributed by atoms with Crippen LogP contribution in [-0.4, -0.2) is 35.6 Å². The topological polar surface area (TPSA) is 98.4 Å². The minimum atomic E-state index is -0.809. The molecule has 2 aliphatic heterocycles. The van der Waals surface area contributed by atoms with Gasteiger partial charge in [0.1, 0.15) is 5.75 Å². The summed E-state index contributed by atoms with van der Waals surface area (Å²) < 4.78 is 21.2. The first-order valence-electron chi connectivity index (χ1n) is 9.91. The molecule has 0 radical (unpaired) electrons. The number of aliphatic hydroxyl groups is 1. The number of furan rings is 1. The molecule has 1 atom stereocenters. The van der Waals surface area contributed by atoms with E-state index in [2.05, 4.69) is 0 Å². The lowest BCUT2D eigenvalue weighted by Crippen LogP contribution is -2.30. The van der Waals surface area contributed by atoms with Gasteiger partial charge < -0.3 is 28.6 Å². The average molecular weight is 433 g/mol. The van der Waals surface area contributed by atoms with Gasteiger partial charge in [0.25, 0.3) is 5.91 Å². The Morgan fingerprint density at radius 2 is 1.91 bits per heavy atom. The molecule has 0 fully saturated rings. The fourth-order valence-corrected chi connectivity index (χ4v) is 3.96. The highest BCUT2D eigenvalue weighted by atomic mass is 16.7. The molecule has 3 aromatic rings. The summed E-state index contributed by atoms with van der Waals surface area (Å²) in [4.78, 5) is 27.7. The molecule has 1 N–H and O–H groups in total. The maximum Gasteiger partial charge on any atom is 0.290 e. The van der Waals surface area contributed by atoms with E-state index in [4.69, 9.17) is 18.6 Å². The number of nitrogens with zero attached hydrogens (tertiary/aromatic N) is 1. The number of hydrogen-bond donors (Lipinski definition) is 1. The van der Waals surface area contributed by atoms with Crippen LogP contribution in [0.1, 0.15) is 27.7 Å². The monoisotopic (exact) mass is 433 g/mol. The van der Waals surface area contributed by atoms with Gasteiger partial charge in [-0.3, -0.25) is 9.59 Å². The molecule has 2 aliphatic rings. The zero-order valence-electron chi connectivity index (χ0n) is 17.1. The van der Waals surface area contributed by atoms with Crippen molar-refractivity contribution in [3.63, 3.8) is 0 Å². The minimum absolute atomic E-state index is 0.0316. The first-order chi connectivity index (χ1) is 15.6. The van der Waals surface area contributed by atoms with E-state index < -0.39 is 23.5 Å². The molecular weight excluding hydrogens is 414 g/mol. The van der Waals surface area contributed by atoms with Crippen molar-refractivity contribution < 1.29 is 33.3 Å². The molecule has 32 heavy (non-hydrogen) atoms. The first kappa shape index (κ1) is 19.7. The van der Waals surface area contributed by atoms with Crippen molar-refractivity contribution in [2.45, 2.75) is 12.6 Å². The normalized spacial score (nSPS) is 17.2. The van der Waals surface area contributed by atoms with Crippen LogP contribution in [-0.2, 0) is 11.3 Å². The van der Waals surface area contributed by atoms with Gasteiger partial charge in [0, 0.05) is 6.54 Å². The Hall–Kier alpha value is -4.20. The lowest BCUT2D eigenvalue weighted by atomic mass is 9.94. The van der Waals surface area contributed by atoms with E-state index in [-0.39, 0.29) is 24.7 Å². The Kier molecular flexibility index (Phi) is 4.82. The summed E-state index contributed by atoms with van der Waals surface area (Å²) in [7, 11) is 1.55. The van der Waals surface area contributed by atoms with Crippen LogP contribution in [0.4, 0.5) is 0 Å². The molecule has 0 bridgehead atoms. The standard InChI is InChI=1S/C24H19NO7/c1-29-16-7-5-15(6-8-16)21-20(22(26)18-3-2-10-30-18)23(27)24(28)25(21)12-14-4-9-17-19(11-14)32-13-31-17/h2-11,21,27H,12-13H2,1H3. The third-order valence-electron chi connectivity index (χ3n) is 5.51. The van der Waals surface area contributed by atoms with Gasteiger partial charge >= 0.3 is 0 Å². The number of ether oxygens (including phenoxy) is 3. The molecule has 162 valence electrons. The second-order valence-electron chi connectivity index (χ2n) is 7.37. The Morgan fingerprint density at radius 3 is 2.62 bits per heavy atom. The van der Waals surface area contributed by atoms with Gasteiger partial charge in [-0.2, -0.15) is 0 Å². The van der Waals surface area contributed by atoms with Crippen LogP contribution in [0, 0.1) is 0 Å². The molecule has 8 nitrogen and oxygen atoms in total. The number of ketones is 1. The lowest BCUT2D eigenvalue weighted by Gasteiger charge is -2.27. The number of benzene rings is 2. The second-order valence-corrected chi connectivity index (χ2v) is 7.37. The van der Waals surface area contributed by atoms with Crippen molar-refractivity contribution in [1.82, 2.24) is 4.90 Å². The maximum absolute atomic E-state index is 13.2. The van der Waals surface area contributed by atoms with E-state index in [9.17, 15) is 14.7 Å². The van der Waals surface area contributed by atoms with E-state index in [1.807, 2.05) is 6.07 Å². The largest absolute Gasteiger partial charge is 0.503 e. The van der Waals surface area contributed by atoms with Crippen molar-refractivity contribution in [2.75, 3.05) is 13.9 Å². The van der Waals surface area contributed by atoms with Crippen molar-refractivity contribution in [3.05, 3.63) is 89.1 Å². The Labute approximate surface area is 183 Å². The summed E-state index contributed by atoms with van der Waals surface area (Å²) in [6, 6.07) is 14.6. The van der Waals surface area contributed by atoms with Crippen LogP contribution < -0.4 is 14.2 Å². The molecule has 1 amide bonds. The van der Waals surface area contributed by atoms with E-state index >= 15 is 0 Å². The molecule has 0 spiro atoms. The molecule has 0 aliphatic carbocycles. The zero-order chi connectivity index (χ0) is 22.2. The van der Waals surface area contributed by atoms with Crippen molar-refractivity contribution in [2.24, 2.45) is 0 Å². The van der Waals surface area contributed by atoms with Crippen LogP contribution in [0.15, 0.2) is 76.6 Å². The van der Waals surface area contributed by atoms with E-state index in [0.717, 1.165) is 5.56 Å². The Bertz CT molecular complexity index is 1210. The Balaban J connectivity index is 1.55. The van der Waals surface area contributed by atoms with Crippen molar-refractivity contribution >= 4 is 11.7 Å². The Morgan fingerprint density at radius 1 is 1.12 bits per heavy atom. The number of amides is 1. The molecule has 0 saturated carbocycles. The molecule has 0 saturated heterocycles. The van der Waals surface area contributed by atoms with E-state index in [1.54, 1.807) is 49.6 Å². The summed E-state index contributed by atoms with van der Waals surface area (Å²) in [5.74, 6) is 0.110. The van der Waals surface area contributed by atoms with Crippen LogP contribution >= 0.6 is 0 Å². The average Bonchev–Trinajstić information content (AvgIpc) is 3.56. The summed E-state index contributed by atoms with van der Waals surface area (Å²) >= 11 is 0. The van der Waals surface area contributed by atoms with Gasteiger partial charge in [0.15, 0.2) is 23.0 Å². The SMILES string of the molecule is COc1ccc(C2C(C(=O)c3ccco3)=C(O)C(=O)N2Cc2ccc3c(c2)OCO3)cc1. The fraction of sp³-hybridized carbons (Fsp3) is 0.167. The number of carbonyl (C=O) groups is 2. The number of rotatable bonds is 6. The molecule has 3 heterocycles. The molecule has 8 heteroatoms. The molecule has 2 aromatic carbocycles. The summed E-state index contributed by atoms with van der Waals surface area (Å²) in [5.41, 5.74) is 1.38. The number of Topliss-reactive ketones (excluding diaryl/α,β-unsaturated/α-hetero) is 1. The van der Waals surface area contributed by atoms with Gasteiger partial charge in [0.05, 0.1) is 25.0 Å². The number of carbonyl (C=O) groups excluding carboxylic acids is 2. The summed E-state index contributed by atoms with van der Waals surface area (Å²) in [5, 5.41) is 10.7. The lowest BCUT2D eigenvalue weighted by molar-refractivity contribution is -0.130. The van der Waals surface area contributed by atoms with Crippen LogP contribution in [0.2, 0.25) is 0 Å². The summed E-state index contributed by atoms with van der Waals surface area (Å²) in [6.07, 6.45) is 1.37. The quantitative estimate of drug-likeness (QED) is 0.591. The van der Waals surface area contributed by atoms with Crippen LogP contribution in [0.5, 0.6) is 17.2 Å². The van der Waals surface area contributed by atoms with Gasteiger partial charge in [0.2, 0.25) is 12.6 Å². The predicted molar refractivity (Wildman–Crippen MR) is 112 cm³/mol. The maximum atomic E-state index is 13.2. The highest BCUT2D eigenvalue weighted by Crippen LogP contribution is 2.41. The van der Waals surface area contributed by atoms with Gasteiger partial charge in [-0.15, -0.1) is 0 Å². The van der Waals surface area contributed by atoms with Gasteiger partial charge in [-0.05, 0) is 47.5 Å². The predicted octanol–water partition coefficient (Wildman–Crippen LogP) is 3.80. The molecule has 5 rings (SSSR count). The third kappa shape index (κ3) is 3.26. The first-order valence-corrected chi connectivity index (χ1v) is 9.91. The third-order valence-corrected chi connectivity index (χ3v) is 5.51. The molecular formula is C24H19NO7. The molecule has 1 aromatic heterocycles. The molecule has 1 unspecified atom stereocenters. The van der Waals surface area contributed by atoms with E-state index in [0.29, 0.717) is 22.8 Å². The highest BCUT2D eigenvalue weighted by molar-refractivity contribution is 6.15. The van der Waals surface area contributed by atoms with Gasteiger partial charge in [-0.25, -0.2) is 0 Å². The zero-order valence-corrected chi connectivity index (χ0v) is 17.1. The number of fused-ring (bicyclic) bond motifs is 1.